The average Bonchev–Trinajstić information content (AvgIpc) is 2.84. The minimum absolute atomic E-state index is 0.175. The zero-order valence-corrected chi connectivity index (χ0v) is 14.2. The van der Waals surface area contributed by atoms with Crippen molar-refractivity contribution in [3.8, 4) is 11.5 Å². The molecule has 1 aromatic carbocycles. The number of phenols is 1. The number of halogens is 1. The average molecular weight is 398 g/mol. The molecule has 3 aliphatic rings. The highest BCUT2D eigenvalue weighted by Gasteiger charge is 2.68. The number of alkyl halides is 1. The summed E-state index contributed by atoms with van der Waals surface area (Å²) in [5.74, 6) is 0.925. The summed E-state index contributed by atoms with van der Waals surface area (Å²) in [5, 5.41) is 21.8. The van der Waals surface area contributed by atoms with Gasteiger partial charge in [-0.25, -0.2) is 0 Å². The second-order valence-electron chi connectivity index (χ2n) is 6.74. The van der Waals surface area contributed by atoms with Gasteiger partial charge in [-0.1, -0.05) is 42.2 Å². The Morgan fingerprint density at radius 2 is 2.24 bits per heavy atom. The first kappa shape index (κ1) is 13.9. The van der Waals surface area contributed by atoms with Crippen LogP contribution in [0.15, 0.2) is 24.3 Å². The van der Waals surface area contributed by atoms with Crippen molar-refractivity contribution >= 4 is 22.6 Å². The highest BCUT2D eigenvalue weighted by atomic mass is 127. The van der Waals surface area contributed by atoms with Crippen LogP contribution in [0.5, 0.6) is 11.5 Å². The van der Waals surface area contributed by atoms with Crippen molar-refractivity contribution in [2.75, 3.05) is 4.43 Å². The monoisotopic (exact) mass is 398 g/mol. The second kappa shape index (κ2) is 4.16. The van der Waals surface area contributed by atoms with Crippen LogP contribution in [0.4, 0.5) is 0 Å². The predicted molar refractivity (Wildman–Crippen MR) is 89.3 cm³/mol. The standard InChI is InChI=1S/C17H19IO3/c1-9-5-6-17(20)10(2)7-11-3-4-12(19)14-13(11)16(17,8-18)15(9)21-14/h3-4,10,15,19-20H,1,5-8H2,2H3/t10-,15+,16?,17-/m1/s1. The molecule has 1 aromatic rings. The zero-order valence-electron chi connectivity index (χ0n) is 12.0. The fraction of sp³-hybridized carbons (Fsp3) is 0.529. The summed E-state index contributed by atoms with van der Waals surface area (Å²) < 4.78 is 6.90. The molecule has 2 N–H and O–H groups in total. The first-order valence-electron chi connectivity index (χ1n) is 7.43. The summed E-state index contributed by atoms with van der Waals surface area (Å²) >= 11 is 2.36. The number of hydrogen-bond donors (Lipinski definition) is 2. The fourth-order valence-corrected chi connectivity index (χ4v) is 6.20. The number of aliphatic hydroxyl groups is 1. The predicted octanol–water partition coefficient (Wildman–Crippen LogP) is 3.10. The number of aromatic hydroxyl groups is 1. The molecule has 112 valence electrons. The molecule has 4 heteroatoms. The Morgan fingerprint density at radius 1 is 1.48 bits per heavy atom. The zero-order chi connectivity index (χ0) is 15.0. The molecule has 0 amide bonds. The molecule has 0 saturated heterocycles. The molecule has 0 bridgehead atoms. The van der Waals surface area contributed by atoms with Crippen LogP contribution in [0.2, 0.25) is 0 Å². The smallest absolute Gasteiger partial charge is 0.166 e. The first-order valence-corrected chi connectivity index (χ1v) is 8.96. The normalized spacial score (nSPS) is 39.9. The van der Waals surface area contributed by atoms with E-state index in [0.29, 0.717) is 5.75 Å². The van der Waals surface area contributed by atoms with E-state index in [1.165, 1.54) is 5.56 Å². The van der Waals surface area contributed by atoms with E-state index < -0.39 is 11.0 Å². The van der Waals surface area contributed by atoms with Gasteiger partial charge in [-0.05, 0) is 42.4 Å². The van der Waals surface area contributed by atoms with Crippen LogP contribution in [0.25, 0.3) is 0 Å². The van der Waals surface area contributed by atoms with Gasteiger partial charge in [-0.2, -0.15) is 0 Å². The Kier molecular flexibility index (Phi) is 2.75. The van der Waals surface area contributed by atoms with Gasteiger partial charge in [0.05, 0.1) is 11.0 Å². The van der Waals surface area contributed by atoms with E-state index in [1.807, 2.05) is 6.07 Å². The molecule has 1 fully saturated rings. The van der Waals surface area contributed by atoms with Crippen molar-refractivity contribution in [2.24, 2.45) is 5.92 Å². The van der Waals surface area contributed by atoms with Crippen molar-refractivity contribution in [1.82, 2.24) is 0 Å². The van der Waals surface area contributed by atoms with E-state index in [1.54, 1.807) is 6.07 Å². The molecular formula is C17H19IO3. The molecule has 0 radical (unpaired) electrons. The van der Waals surface area contributed by atoms with E-state index in [-0.39, 0.29) is 17.8 Å². The molecule has 3 nitrogen and oxygen atoms in total. The van der Waals surface area contributed by atoms with Crippen LogP contribution < -0.4 is 4.74 Å². The molecule has 4 atom stereocenters. The minimum Gasteiger partial charge on any atom is -0.504 e. The van der Waals surface area contributed by atoms with E-state index in [2.05, 4.69) is 36.1 Å². The van der Waals surface area contributed by atoms with E-state index in [9.17, 15) is 10.2 Å². The Labute approximate surface area is 138 Å². The third kappa shape index (κ3) is 1.39. The van der Waals surface area contributed by atoms with Crippen molar-refractivity contribution in [1.29, 1.82) is 0 Å². The van der Waals surface area contributed by atoms with Gasteiger partial charge in [0.15, 0.2) is 11.5 Å². The van der Waals surface area contributed by atoms with Gasteiger partial charge in [-0.3, -0.25) is 0 Å². The number of benzene rings is 1. The minimum atomic E-state index is -0.786. The summed E-state index contributed by atoms with van der Waals surface area (Å²) in [6.07, 6.45) is 2.12. The molecule has 21 heavy (non-hydrogen) atoms. The lowest BCUT2D eigenvalue weighted by molar-refractivity contribution is -0.118. The van der Waals surface area contributed by atoms with Crippen molar-refractivity contribution in [3.63, 3.8) is 0 Å². The topological polar surface area (TPSA) is 49.7 Å². The summed E-state index contributed by atoms with van der Waals surface area (Å²) in [7, 11) is 0. The maximum Gasteiger partial charge on any atom is 0.166 e. The highest BCUT2D eigenvalue weighted by molar-refractivity contribution is 14.1. The molecule has 0 spiro atoms. The molecule has 1 unspecified atom stereocenters. The Morgan fingerprint density at radius 3 is 2.95 bits per heavy atom. The molecule has 2 aliphatic carbocycles. The summed E-state index contributed by atoms with van der Waals surface area (Å²) in [4.78, 5) is 0. The third-order valence-electron chi connectivity index (χ3n) is 5.88. The van der Waals surface area contributed by atoms with Crippen LogP contribution in [-0.2, 0) is 11.8 Å². The van der Waals surface area contributed by atoms with Crippen LogP contribution >= 0.6 is 22.6 Å². The summed E-state index contributed by atoms with van der Waals surface area (Å²) in [6.45, 7) is 6.32. The van der Waals surface area contributed by atoms with Gasteiger partial charge in [0.1, 0.15) is 6.10 Å². The third-order valence-corrected chi connectivity index (χ3v) is 7.08. The number of rotatable bonds is 1. The maximum absolute atomic E-state index is 11.6. The van der Waals surface area contributed by atoms with E-state index in [4.69, 9.17) is 4.74 Å². The van der Waals surface area contributed by atoms with Crippen LogP contribution in [0.1, 0.15) is 30.9 Å². The molecule has 4 rings (SSSR count). The lowest BCUT2D eigenvalue weighted by Crippen LogP contribution is -2.66. The quantitative estimate of drug-likeness (QED) is 0.434. The van der Waals surface area contributed by atoms with Gasteiger partial charge in [0.25, 0.3) is 0 Å². The van der Waals surface area contributed by atoms with Crippen LogP contribution in [-0.4, -0.2) is 26.3 Å². The summed E-state index contributed by atoms with van der Waals surface area (Å²) in [6, 6.07) is 3.70. The Bertz CT molecular complexity index is 656. The van der Waals surface area contributed by atoms with Gasteiger partial charge in [0.2, 0.25) is 0 Å². The molecule has 0 aromatic heterocycles. The molecule has 1 saturated carbocycles. The van der Waals surface area contributed by atoms with Crippen LogP contribution in [0.3, 0.4) is 0 Å². The van der Waals surface area contributed by atoms with Gasteiger partial charge in [-0.15, -0.1) is 0 Å². The van der Waals surface area contributed by atoms with Gasteiger partial charge >= 0.3 is 0 Å². The molecule has 1 heterocycles. The molecular weight excluding hydrogens is 379 g/mol. The van der Waals surface area contributed by atoms with E-state index in [0.717, 1.165) is 34.8 Å². The maximum atomic E-state index is 11.6. The fourth-order valence-electron chi connectivity index (χ4n) is 4.76. The van der Waals surface area contributed by atoms with Crippen molar-refractivity contribution in [2.45, 2.75) is 43.3 Å². The van der Waals surface area contributed by atoms with Gasteiger partial charge in [0, 0.05) is 9.99 Å². The first-order chi connectivity index (χ1) is 9.95. The largest absolute Gasteiger partial charge is 0.504 e. The summed E-state index contributed by atoms with van der Waals surface area (Å²) in [5.41, 5.74) is 2.01. The van der Waals surface area contributed by atoms with Crippen molar-refractivity contribution < 1.29 is 14.9 Å². The Balaban J connectivity index is 2.09. The van der Waals surface area contributed by atoms with Gasteiger partial charge < -0.3 is 14.9 Å². The highest BCUT2D eigenvalue weighted by Crippen LogP contribution is 2.64. The lowest BCUT2D eigenvalue weighted by Gasteiger charge is -2.56. The Hall–Kier alpha value is -0.750. The van der Waals surface area contributed by atoms with Crippen LogP contribution in [0, 0.1) is 5.92 Å². The number of ether oxygens (including phenoxy) is 1. The second-order valence-corrected chi connectivity index (χ2v) is 7.50. The number of hydrogen-bond acceptors (Lipinski definition) is 3. The number of phenolic OH excluding ortho intramolecular Hbond substituents is 1. The van der Waals surface area contributed by atoms with E-state index >= 15 is 0 Å². The van der Waals surface area contributed by atoms with Crippen molar-refractivity contribution in [3.05, 3.63) is 35.4 Å². The SMILES string of the molecule is C=C1CC[C@@]2(O)[C@H](C)Cc3ccc(O)c4c3C2(CI)[C@H]1O4. The molecule has 1 aliphatic heterocycles. The lowest BCUT2D eigenvalue weighted by atomic mass is 9.51.